The summed E-state index contributed by atoms with van der Waals surface area (Å²) in [6, 6.07) is 23.8. The van der Waals surface area contributed by atoms with Crippen LogP contribution in [0.2, 0.25) is 0 Å². The van der Waals surface area contributed by atoms with Gasteiger partial charge in [0, 0.05) is 11.1 Å². The Morgan fingerprint density at radius 1 is 0.441 bits per heavy atom. The molecule has 0 unspecified atom stereocenters. The van der Waals surface area contributed by atoms with Crippen molar-refractivity contribution in [3.8, 4) is 33.6 Å². The molecule has 162 valence electrons. The lowest BCUT2D eigenvalue weighted by molar-refractivity contribution is 0.626. The molecule has 0 radical (unpaired) electrons. The molecule has 4 aromatic carbocycles. The van der Waals surface area contributed by atoms with E-state index in [1.54, 1.807) is 24.5 Å². The molecule has 6 rings (SSSR count). The van der Waals surface area contributed by atoms with Crippen LogP contribution in [0.4, 0.5) is 8.78 Å². The second kappa shape index (κ2) is 8.08. The van der Waals surface area contributed by atoms with E-state index in [1.165, 1.54) is 24.3 Å². The largest absolute Gasteiger partial charge is 0.252 e. The van der Waals surface area contributed by atoms with Gasteiger partial charge in [-0.3, -0.25) is 9.97 Å². The van der Waals surface area contributed by atoms with E-state index in [4.69, 9.17) is 9.97 Å². The van der Waals surface area contributed by atoms with Gasteiger partial charge in [0.2, 0.25) is 0 Å². The van der Waals surface area contributed by atoms with Gasteiger partial charge in [-0.25, -0.2) is 18.7 Å². The zero-order valence-corrected chi connectivity index (χ0v) is 17.8. The standard InChI is InChI=1S/C28H16F2N4/c29-17-9-11-19(27-15-31-23-5-1-3-7-25(23)33-27)21(13-17)22-14-18(30)10-12-20(22)28-16-32-24-6-2-4-8-26(24)34-28/h1-16H. The van der Waals surface area contributed by atoms with Crippen LogP contribution in [0.25, 0.3) is 55.7 Å². The van der Waals surface area contributed by atoms with Gasteiger partial charge < -0.3 is 0 Å². The second-order valence-corrected chi connectivity index (χ2v) is 7.87. The van der Waals surface area contributed by atoms with Crippen molar-refractivity contribution in [3.63, 3.8) is 0 Å². The maximum Gasteiger partial charge on any atom is 0.123 e. The molecular weight excluding hydrogens is 430 g/mol. The summed E-state index contributed by atoms with van der Waals surface area (Å²) in [5, 5.41) is 0. The molecule has 0 spiro atoms. The van der Waals surface area contributed by atoms with Crippen LogP contribution in [0, 0.1) is 11.6 Å². The third kappa shape index (κ3) is 3.55. The van der Waals surface area contributed by atoms with Crippen LogP contribution in [0.1, 0.15) is 0 Å². The minimum absolute atomic E-state index is 0.438. The van der Waals surface area contributed by atoms with E-state index in [0.29, 0.717) is 33.6 Å². The zero-order chi connectivity index (χ0) is 23.1. The number of benzene rings is 4. The monoisotopic (exact) mass is 446 g/mol. The molecule has 6 heteroatoms. The van der Waals surface area contributed by atoms with E-state index in [0.717, 1.165) is 22.1 Å². The molecule has 0 saturated carbocycles. The number of para-hydroxylation sites is 4. The summed E-state index contributed by atoms with van der Waals surface area (Å²) in [6.07, 6.45) is 3.29. The summed E-state index contributed by atoms with van der Waals surface area (Å²) in [5.74, 6) is -0.875. The number of hydrogen-bond donors (Lipinski definition) is 0. The molecule has 0 N–H and O–H groups in total. The Labute approximate surface area is 193 Å². The first kappa shape index (κ1) is 20.1. The quantitative estimate of drug-likeness (QED) is 0.298. The number of rotatable bonds is 3. The van der Waals surface area contributed by atoms with Gasteiger partial charge >= 0.3 is 0 Å². The van der Waals surface area contributed by atoms with Gasteiger partial charge in [-0.1, -0.05) is 24.3 Å². The van der Waals surface area contributed by atoms with Crippen LogP contribution in [0.15, 0.2) is 97.3 Å². The van der Waals surface area contributed by atoms with Crippen molar-refractivity contribution in [1.29, 1.82) is 0 Å². The summed E-state index contributed by atoms with van der Waals surface area (Å²) in [6.45, 7) is 0. The lowest BCUT2D eigenvalue weighted by Gasteiger charge is -2.15. The van der Waals surface area contributed by atoms with Crippen LogP contribution in [-0.4, -0.2) is 19.9 Å². The first-order valence-corrected chi connectivity index (χ1v) is 10.7. The SMILES string of the molecule is Fc1ccc(-c2cnc3ccccc3n2)c(-c2cc(F)ccc2-c2cnc3ccccc3n2)c1. The van der Waals surface area contributed by atoms with Crippen LogP contribution >= 0.6 is 0 Å². The highest BCUT2D eigenvalue weighted by atomic mass is 19.1. The molecule has 0 saturated heterocycles. The zero-order valence-electron chi connectivity index (χ0n) is 17.8. The fraction of sp³-hybridized carbons (Fsp3) is 0. The van der Waals surface area contributed by atoms with Gasteiger partial charge in [-0.05, 0) is 71.8 Å². The predicted molar refractivity (Wildman–Crippen MR) is 129 cm³/mol. The molecular formula is C28H16F2N4. The molecule has 0 fully saturated rings. The average molecular weight is 446 g/mol. The fourth-order valence-corrected chi connectivity index (χ4v) is 4.10. The molecule has 0 aliphatic heterocycles. The maximum absolute atomic E-state index is 14.5. The molecule has 2 heterocycles. The van der Waals surface area contributed by atoms with Crippen molar-refractivity contribution < 1.29 is 8.78 Å². The molecule has 2 aromatic heterocycles. The summed E-state index contributed by atoms with van der Waals surface area (Å²) >= 11 is 0. The van der Waals surface area contributed by atoms with Crippen LogP contribution in [-0.2, 0) is 0 Å². The molecule has 0 aliphatic rings. The average Bonchev–Trinajstić information content (AvgIpc) is 2.88. The van der Waals surface area contributed by atoms with Gasteiger partial charge in [0.15, 0.2) is 0 Å². The number of halogens is 2. The summed E-state index contributed by atoms with van der Waals surface area (Å²) < 4.78 is 29.0. The number of aromatic nitrogens is 4. The summed E-state index contributed by atoms with van der Waals surface area (Å²) in [5.41, 5.74) is 6.34. The van der Waals surface area contributed by atoms with Gasteiger partial charge in [-0.2, -0.15) is 0 Å². The molecule has 34 heavy (non-hydrogen) atoms. The van der Waals surface area contributed by atoms with Crippen LogP contribution < -0.4 is 0 Å². The Hall–Kier alpha value is -4.58. The van der Waals surface area contributed by atoms with Crippen molar-refractivity contribution in [1.82, 2.24) is 19.9 Å². The predicted octanol–water partition coefficient (Wildman–Crippen LogP) is 6.85. The summed E-state index contributed by atoms with van der Waals surface area (Å²) in [7, 11) is 0. The van der Waals surface area contributed by atoms with Crippen molar-refractivity contribution in [2.75, 3.05) is 0 Å². The van der Waals surface area contributed by atoms with Crippen molar-refractivity contribution >= 4 is 22.1 Å². The number of nitrogens with zero attached hydrogens (tertiary/aromatic N) is 4. The highest BCUT2D eigenvalue weighted by Gasteiger charge is 2.17. The Kier molecular flexibility index (Phi) is 4.77. The first-order chi connectivity index (χ1) is 16.7. The summed E-state index contributed by atoms with van der Waals surface area (Å²) in [4.78, 5) is 18.4. The molecule has 0 aliphatic carbocycles. The van der Waals surface area contributed by atoms with E-state index < -0.39 is 11.6 Å². The minimum Gasteiger partial charge on any atom is -0.252 e. The topological polar surface area (TPSA) is 51.6 Å². The van der Waals surface area contributed by atoms with Crippen molar-refractivity contribution in [3.05, 3.63) is 109 Å². The van der Waals surface area contributed by atoms with E-state index in [2.05, 4.69) is 9.97 Å². The minimum atomic E-state index is -0.438. The normalized spacial score (nSPS) is 11.2. The molecule has 0 bridgehead atoms. The molecule has 0 amide bonds. The third-order valence-electron chi connectivity index (χ3n) is 5.70. The van der Waals surface area contributed by atoms with Crippen LogP contribution in [0.5, 0.6) is 0 Å². The van der Waals surface area contributed by atoms with Crippen molar-refractivity contribution in [2.45, 2.75) is 0 Å². The highest BCUT2D eigenvalue weighted by molar-refractivity contribution is 5.91. The Morgan fingerprint density at radius 3 is 1.29 bits per heavy atom. The van der Waals surface area contributed by atoms with E-state index in [1.807, 2.05) is 48.5 Å². The lowest BCUT2D eigenvalue weighted by Crippen LogP contribution is -1.96. The smallest absolute Gasteiger partial charge is 0.123 e. The second-order valence-electron chi connectivity index (χ2n) is 7.87. The van der Waals surface area contributed by atoms with Gasteiger partial charge in [-0.15, -0.1) is 0 Å². The van der Waals surface area contributed by atoms with Gasteiger partial charge in [0.1, 0.15) is 11.6 Å². The van der Waals surface area contributed by atoms with Crippen molar-refractivity contribution in [2.24, 2.45) is 0 Å². The number of hydrogen-bond acceptors (Lipinski definition) is 4. The highest BCUT2D eigenvalue weighted by Crippen LogP contribution is 2.38. The van der Waals surface area contributed by atoms with E-state index in [-0.39, 0.29) is 0 Å². The van der Waals surface area contributed by atoms with E-state index in [9.17, 15) is 8.78 Å². The Balaban J connectivity index is 1.59. The lowest BCUT2D eigenvalue weighted by atomic mass is 9.92. The maximum atomic E-state index is 14.5. The van der Waals surface area contributed by atoms with Gasteiger partial charge in [0.05, 0.1) is 45.8 Å². The Bertz CT molecular complexity index is 1570. The molecule has 0 atom stereocenters. The fourth-order valence-electron chi connectivity index (χ4n) is 4.10. The molecule has 6 aromatic rings. The molecule has 4 nitrogen and oxygen atoms in total. The van der Waals surface area contributed by atoms with E-state index >= 15 is 0 Å². The third-order valence-corrected chi connectivity index (χ3v) is 5.70. The first-order valence-electron chi connectivity index (χ1n) is 10.7. The Morgan fingerprint density at radius 2 is 0.853 bits per heavy atom. The van der Waals surface area contributed by atoms with Gasteiger partial charge in [0.25, 0.3) is 0 Å². The van der Waals surface area contributed by atoms with Crippen LogP contribution in [0.3, 0.4) is 0 Å². The number of fused-ring (bicyclic) bond motifs is 2.